The Bertz CT molecular complexity index is 1540. The average molecular weight is 577 g/mol. The fourth-order valence-corrected chi connectivity index (χ4v) is 4.50. The van der Waals surface area contributed by atoms with Crippen LogP contribution in [0.1, 0.15) is 35.7 Å². The Morgan fingerprint density at radius 1 is 1.00 bits per heavy atom. The Balaban J connectivity index is 1.35. The standard InChI is InChI=1S/C29H28N4O9/c1-18-24(27(34)35)26(21-4-3-5-22(16-21)33(38)39)25(19(2)31-18)29(37)42-15-14-41-28(36)20-6-8-23(9-7-20)40-13-12-32-11-10-30-17-32/h3-11,16-17,26,31H,12-15H2,1-2H3,(H,34,35). The van der Waals surface area contributed by atoms with Gasteiger partial charge in [-0.25, -0.2) is 19.4 Å². The summed E-state index contributed by atoms with van der Waals surface area (Å²) in [7, 11) is 0. The average Bonchev–Trinajstić information content (AvgIpc) is 3.48. The second kappa shape index (κ2) is 13.3. The lowest BCUT2D eigenvalue weighted by atomic mass is 9.80. The highest BCUT2D eigenvalue weighted by molar-refractivity contribution is 5.99. The predicted molar refractivity (Wildman–Crippen MR) is 147 cm³/mol. The van der Waals surface area contributed by atoms with Crippen LogP contribution in [0.4, 0.5) is 5.69 Å². The van der Waals surface area contributed by atoms with E-state index in [1.54, 1.807) is 50.6 Å². The number of dihydropyridines is 1. The molecule has 218 valence electrons. The highest BCUT2D eigenvalue weighted by Gasteiger charge is 2.37. The second-order valence-corrected chi connectivity index (χ2v) is 9.24. The Hall–Kier alpha value is -5.46. The molecule has 2 aromatic carbocycles. The zero-order chi connectivity index (χ0) is 30.2. The van der Waals surface area contributed by atoms with Crippen molar-refractivity contribution in [3.63, 3.8) is 0 Å². The summed E-state index contributed by atoms with van der Waals surface area (Å²) < 4.78 is 18.1. The van der Waals surface area contributed by atoms with E-state index in [-0.39, 0.29) is 46.9 Å². The van der Waals surface area contributed by atoms with Crippen LogP contribution in [-0.4, -0.2) is 57.3 Å². The maximum Gasteiger partial charge on any atom is 0.338 e. The lowest BCUT2D eigenvalue weighted by Gasteiger charge is -2.29. The molecule has 1 aromatic heterocycles. The summed E-state index contributed by atoms with van der Waals surface area (Å²) in [6, 6.07) is 11.8. The van der Waals surface area contributed by atoms with Crippen molar-refractivity contribution in [2.24, 2.45) is 0 Å². The van der Waals surface area contributed by atoms with Gasteiger partial charge >= 0.3 is 17.9 Å². The normalized spacial score (nSPS) is 14.7. The maximum absolute atomic E-state index is 13.2. The summed E-state index contributed by atoms with van der Waals surface area (Å²) in [6.07, 6.45) is 5.19. The Morgan fingerprint density at radius 3 is 2.33 bits per heavy atom. The first-order valence-electron chi connectivity index (χ1n) is 12.8. The summed E-state index contributed by atoms with van der Waals surface area (Å²) in [5, 5.41) is 24.1. The van der Waals surface area contributed by atoms with Gasteiger partial charge in [0.05, 0.1) is 40.4 Å². The Labute approximate surface area is 240 Å². The molecule has 0 saturated heterocycles. The minimum atomic E-state index is -1.29. The number of carbonyl (C=O) groups is 3. The van der Waals surface area contributed by atoms with E-state index < -0.39 is 28.7 Å². The molecule has 1 aliphatic heterocycles. The molecule has 0 fully saturated rings. The molecule has 0 aliphatic carbocycles. The fraction of sp³-hybridized carbons (Fsp3) is 0.241. The molecule has 2 heterocycles. The number of aliphatic carboxylic acids is 1. The van der Waals surface area contributed by atoms with Crippen molar-refractivity contribution in [2.45, 2.75) is 26.3 Å². The van der Waals surface area contributed by atoms with E-state index in [2.05, 4.69) is 10.3 Å². The van der Waals surface area contributed by atoms with Crippen molar-refractivity contribution in [3.05, 3.63) is 111 Å². The van der Waals surface area contributed by atoms with Crippen LogP contribution in [0.2, 0.25) is 0 Å². The molecule has 0 bridgehead atoms. The summed E-state index contributed by atoms with van der Waals surface area (Å²) >= 11 is 0. The van der Waals surface area contributed by atoms with E-state index in [0.29, 0.717) is 24.6 Å². The van der Waals surface area contributed by atoms with Gasteiger partial charge in [-0.3, -0.25) is 10.1 Å². The van der Waals surface area contributed by atoms with Crippen LogP contribution < -0.4 is 10.1 Å². The van der Waals surface area contributed by atoms with Crippen molar-refractivity contribution in [1.29, 1.82) is 0 Å². The number of nitrogens with zero attached hydrogens (tertiary/aromatic N) is 3. The third kappa shape index (κ3) is 6.99. The minimum absolute atomic E-state index is 0.0200. The molecule has 0 amide bonds. The Morgan fingerprint density at radius 2 is 1.69 bits per heavy atom. The smallest absolute Gasteiger partial charge is 0.338 e. The molecule has 13 heteroatoms. The molecule has 1 atom stereocenters. The largest absolute Gasteiger partial charge is 0.492 e. The van der Waals surface area contributed by atoms with E-state index in [4.69, 9.17) is 14.2 Å². The molecule has 1 aliphatic rings. The van der Waals surface area contributed by atoms with Gasteiger partial charge in [0.2, 0.25) is 0 Å². The quantitative estimate of drug-likeness (QED) is 0.140. The number of carboxylic acids is 1. The topological polar surface area (TPSA) is 172 Å². The zero-order valence-corrected chi connectivity index (χ0v) is 22.8. The molecular formula is C29H28N4O9. The molecule has 3 aromatic rings. The van der Waals surface area contributed by atoms with Gasteiger partial charge in [0.1, 0.15) is 25.6 Å². The van der Waals surface area contributed by atoms with Crippen LogP contribution in [0.25, 0.3) is 0 Å². The number of ether oxygens (including phenoxy) is 3. The molecule has 42 heavy (non-hydrogen) atoms. The van der Waals surface area contributed by atoms with Crippen molar-refractivity contribution >= 4 is 23.6 Å². The number of aromatic nitrogens is 2. The zero-order valence-electron chi connectivity index (χ0n) is 22.8. The van der Waals surface area contributed by atoms with Crippen LogP contribution in [0.3, 0.4) is 0 Å². The summed E-state index contributed by atoms with van der Waals surface area (Å²) in [5.41, 5.74) is 0.729. The number of carboxylic acid groups (broad SMARTS) is 1. The van der Waals surface area contributed by atoms with Gasteiger partial charge in [0.25, 0.3) is 5.69 Å². The molecule has 0 radical (unpaired) electrons. The van der Waals surface area contributed by atoms with Crippen molar-refractivity contribution in [1.82, 2.24) is 14.9 Å². The summed E-state index contributed by atoms with van der Waals surface area (Å²) in [4.78, 5) is 52.5. The van der Waals surface area contributed by atoms with Crippen molar-refractivity contribution in [3.8, 4) is 5.75 Å². The molecule has 4 rings (SSSR count). The minimum Gasteiger partial charge on any atom is -0.492 e. The lowest BCUT2D eigenvalue weighted by Crippen LogP contribution is -2.32. The number of benzene rings is 2. The number of carbonyl (C=O) groups excluding carboxylic acids is 2. The third-order valence-corrected chi connectivity index (χ3v) is 6.44. The number of nitro groups is 1. The van der Waals surface area contributed by atoms with Gasteiger partial charge in [0.15, 0.2) is 0 Å². The van der Waals surface area contributed by atoms with Gasteiger partial charge in [-0.1, -0.05) is 12.1 Å². The number of nitrogens with one attached hydrogen (secondary N) is 1. The predicted octanol–water partition coefficient (Wildman–Crippen LogP) is 3.59. The number of esters is 2. The highest BCUT2D eigenvalue weighted by Crippen LogP contribution is 2.39. The molecular weight excluding hydrogens is 548 g/mol. The van der Waals surface area contributed by atoms with E-state index in [9.17, 15) is 29.6 Å². The monoisotopic (exact) mass is 576 g/mol. The first-order chi connectivity index (χ1) is 20.2. The van der Waals surface area contributed by atoms with Gasteiger partial charge in [-0.15, -0.1) is 0 Å². The fourth-order valence-electron chi connectivity index (χ4n) is 4.50. The van der Waals surface area contributed by atoms with E-state index >= 15 is 0 Å². The number of rotatable bonds is 12. The molecule has 13 nitrogen and oxygen atoms in total. The maximum atomic E-state index is 13.2. The van der Waals surface area contributed by atoms with E-state index in [1.807, 2.05) is 10.8 Å². The van der Waals surface area contributed by atoms with Crippen LogP contribution >= 0.6 is 0 Å². The number of hydrogen-bond donors (Lipinski definition) is 2. The number of hydrogen-bond acceptors (Lipinski definition) is 10. The number of nitro benzene ring substituents is 1. The highest BCUT2D eigenvalue weighted by atomic mass is 16.6. The van der Waals surface area contributed by atoms with Crippen LogP contribution in [0.5, 0.6) is 5.75 Å². The number of non-ortho nitro benzene ring substituents is 1. The Kier molecular flexibility index (Phi) is 9.32. The third-order valence-electron chi connectivity index (χ3n) is 6.44. The van der Waals surface area contributed by atoms with E-state index in [1.165, 1.54) is 24.3 Å². The van der Waals surface area contributed by atoms with Gasteiger partial charge in [0, 0.05) is 35.9 Å². The summed E-state index contributed by atoms with van der Waals surface area (Å²) in [5.74, 6) is -3.33. The molecule has 2 N–H and O–H groups in total. The van der Waals surface area contributed by atoms with Crippen molar-refractivity contribution in [2.75, 3.05) is 19.8 Å². The first kappa shape index (κ1) is 29.5. The number of allylic oxidation sites excluding steroid dienone is 2. The second-order valence-electron chi connectivity index (χ2n) is 9.24. The summed E-state index contributed by atoms with van der Waals surface area (Å²) in [6.45, 7) is 3.60. The van der Waals surface area contributed by atoms with Crippen LogP contribution in [0, 0.1) is 10.1 Å². The van der Waals surface area contributed by atoms with Gasteiger partial charge < -0.3 is 29.2 Å². The lowest BCUT2D eigenvalue weighted by molar-refractivity contribution is -0.384. The SMILES string of the molecule is CC1=C(C(=O)O)C(c2cccc([N+](=O)[O-])c2)C(C(=O)OCCOC(=O)c2ccc(OCCn3ccnc3)cc2)=C(C)N1. The first-order valence-corrected chi connectivity index (χ1v) is 12.8. The molecule has 1 unspecified atom stereocenters. The van der Waals surface area contributed by atoms with Crippen molar-refractivity contribution < 1.29 is 38.6 Å². The van der Waals surface area contributed by atoms with Crippen LogP contribution in [0.15, 0.2) is 89.8 Å². The number of imidazole rings is 1. The molecule has 0 saturated carbocycles. The van der Waals surface area contributed by atoms with E-state index in [0.717, 1.165) is 0 Å². The van der Waals surface area contributed by atoms with Gasteiger partial charge in [-0.05, 0) is 43.7 Å². The van der Waals surface area contributed by atoms with Crippen LogP contribution in [-0.2, 0) is 25.6 Å². The molecule has 0 spiro atoms. The van der Waals surface area contributed by atoms with Gasteiger partial charge in [-0.2, -0.15) is 0 Å².